The first-order valence-corrected chi connectivity index (χ1v) is 5.40. The summed E-state index contributed by atoms with van der Waals surface area (Å²) in [6.07, 6.45) is -4.85. The van der Waals surface area contributed by atoms with E-state index >= 15 is 0 Å². The van der Waals surface area contributed by atoms with Crippen LogP contribution in [0.25, 0.3) is 10.4 Å². The number of azide groups is 1. The maximum atomic E-state index is 12.9. The van der Waals surface area contributed by atoms with Crippen molar-refractivity contribution < 1.29 is 27.9 Å². The standard InChI is InChI=1S/C11H9F3N4O3/c1-18(5-9(19)20)10(21)7-3-2-6(16-17-15)4-8(7)11(12,13)14/h2-4H,5H2,1H3,(H,19,20). The number of carboxylic acids is 1. The maximum absolute atomic E-state index is 12.9. The van der Waals surface area contributed by atoms with Gasteiger partial charge in [0.25, 0.3) is 5.91 Å². The van der Waals surface area contributed by atoms with E-state index in [1.165, 1.54) is 0 Å². The van der Waals surface area contributed by atoms with Crippen molar-refractivity contribution in [2.75, 3.05) is 13.6 Å². The van der Waals surface area contributed by atoms with Crippen molar-refractivity contribution in [1.29, 1.82) is 0 Å². The molecule has 21 heavy (non-hydrogen) atoms. The van der Waals surface area contributed by atoms with E-state index in [0.29, 0.717) is 11.0 Å². The van der Waals surface area contributed by atoms with E-state index in [1.807, 2.05) is 0 Å². The minimum absolute atomic E-state index is 0.303. The molecule has 1 aromatic carbocycles. The molecule has 112 valence electrons. The molecule has 0 saturated heterocycles. The number of hydrogen-bond donors (Lipinski definition) is 1. The van der Waals surface area contributed by atoms with Crippen LogP contribution in [0.3, 0.4) is 0 Å². The Hall–Kier alpha value is -2.74. The highest BCUT2D eigenvalue weighted by molar-refractivity contribution is 5.97. The lowest BCUT2D eigenvalue weighted by Gasteiger charge is -2.18. The van der Waals surface area contributed by atoms with Crippen molar-refractivity contribution in [1.82, 2.24) is 4.90 Å². The molecular formula is C11H9F3N4O3. The van der Waals surface area contributed by atoms with E-state index in [2.05, 4.69) is 10.0 Å². The van der Waals surface area contributed by atoms with Gasteiger partial charge in [-0.25, -0.2) is 0 Å². The Morgan fingerprint density at radius 1 is 1.43 bits per heavy atom. The summed E-state index contributed by atoms with van der Waals surface area (Å²) in [5, 5.41) is 11.6. The highest BCUT2D eigenvalue weighted by Gasteiger charge is 2.36. The van der Waals surface area contributed by atoms with Gasteiger partial charge in [-0.15, -0.1) is 0 Å². The number of carbonyl (C=O) groups is 2. The largest absolute Gasteiger partial charge is 0.480 e. The molecule has 0 aliphatic rings. The van der Waals surface area contributed by atoms with Crippen LogP contribution in [0.5, 0.6) is 0 Å². The van der Waals surface area contributed by atoms with Crippen LogP contribution in [0.4, 0.5) is 18.9 Å². The quantitative estimate of drug-likeness (QED) is 0.525. The predicted octanol–water partition coefficient (Wildman–Crippen LogP) is 2.80. The number of nitrogens with zero attached hydrogens (tertiary/aromatic N) is 4. The smallest absolute Gasteiger partial charge is 0.417 e. The summed E-state index contributed by atoms with van der Waals surface area (Å²) in [6, 6.07) is 2.41. The average molecular weight is 302 g/mol. The van der Waals surface area contributed by atoms with Gasteiger partial charge in [0.1, 0.15) is 6.54 Å². The van der Waals surface area contributed by atoms with Crippen molar-refractivity contribution in [3.8, 4) is 0 Å². The molecule has 0 aliphatic heterocycles. The second-order valence-electron chi connectivity index (χ2n) is 3.97. The molecule has 7 nitrogen and oxygen atoms in total. The summed E-state index contributed by atoms with van der Waals surface area (Å²) in [4.78, 5) is 25.4. The molecule has 10 heteroatoms. The Bertz CT molecular complexity index is 624. The Morgan fingerprint density at radius 2 is 2.05 bits per heavy atom. The predicted molar refractivity (Wildman–Crippen MR) is 64.8 cm³/mol. The van der Waals surface area contributed by atoms with Crippen LogP contribution in [0.2, 0.25) is 0 Å². The first kappa shape index (κ1) is 16.3. The SMILES string of the molecule is CN(CC(=O)O)C(=O)c1ccc(N=[N+]=[N-])cc1C(F)(F)F. The number of likely N-dealkylation sites (N-methyl/N-ethyl adjacent to an activating group) is 1. The van der Waals surface area contributed by atoms with Gasteiger partial charge in [0.15, 0.2) is 0 Å². The molecule has 0 atom stereocenters. The molecule has 0 aromatic heterocycles. The number of rotatable bonds is 4. The molecule has 1 amide bonds. The second-order valence-corrected chi connectivity index (χ2v) is 3.97. The van der Waals surface area contributed by atoms with Crippen LogP contribution in [0, 0.1) is 0 Å². The first-order valence-electron chi connectivity index (χ1n) is 5.40. The fraction of sp³-hybridized carbons (Fsp3) is 0.273. The average Bonchev–Trinajstić information content (AvgIpc) is 2.36. The summed E-state index contributed by atoms with van der Waals surface area (Å²) in [5.74, 6) is -2.46. The lowest BCUT2D eigenvalue weighted by Crippen LogP contribution is -2.33. The third kappa shape index (κ3) is 4.11. The topological polar surface area (TPSA) is 106 Å². The lowest BCUT2D eigenvalue weighted by molar-refractivity contribution is -0.138. The van der Waals surface area contributed by atoms with Gasteiger partial charge in [0.05, 0.1) is 11.1 Å². The number of amides is 1. The minimum atomic E-state index is -4.85. The molecule has 0 saturated carbocycles. The highest BCUT2D eigenvalue weighted by atomic mass is 19.4. The van der Waals surface area contributed by atoms with Crippen LogP contribution < -0.4 is 0 Å². The number of halogens is 3. The van der Waals surface area contributed by atoms with Crippen molar-refractivity contribution in [3.63, 3.8) is 0 Å². The van der Waals surface area contributed by atoms with E-state index in [9.17, 15) is 22.8 Å². The number of carbonyl (C=O) groups excluding carboxylic acids is 1. The zero-order valence-corrected chi connectivity index (χ0v) is 10.6. The molecule has 0 fully saturated rings. The van der Waals surface area contributed by atoms with Gasteiger partial charge in [-0.2, -0.15) is 13.2 Å². The third-order valence-electron chi connectivity index (χ3n) is 2.42. The van der Waals surface area contributed by atoms with E-state index in [1.54, 1.807) is 0 Å². The van der Waals surface area contributed by atoms with E-state index in [-0.39, 0.29) is 5.69 Å². The number of alkyl halides is 3. The van der Waals surface area contributed by atoms with Gasteiger partial charge in [0.2, 0.25) is 0 Å². The van der Waals surface area contributed by atoms with Gasteiger partial charge >= 0.3 is 12.1 Å². The molecule has 0 bridgehead atoms. The van der Waals surface area contributed by atoms with Crippen LogP contribution >= 0.6 is 0 Å². The molecule has 0 heterocycles. The first-order chi connectivity index (χ1) is 9.66. The Balaban J connectivity index is 3.32. The van der Waals surface area contributed by atoms with Gasteiger partial charge in [-0.05, 0) is 17.7 Å². The van der Waals surface area contributed by atoms with Crippen LogP contribution in [-0.4, -0.2) is 35.5 Å². The zero-order chi connectivity index (χ0) is 16.2. The highest BCUT2D eigenvalue weighted by Crippen LogP contribution is 2.35. The Morgan fingerprint density at radius 3 is 2.52 bits per heavy atom. The minimum Gasteiger partial charge on any atom is -0.480 e. The van der Waals surface area contributed by atoms with Crippen molar-refractivity contribution in [2.24, 2.45) is 5.11 Å². The van der Waals surface area contributed by atoms with Crippen molar-refractivity contribution >= 4 is 17.6 Å². The number of hydrogen-bond acceptors (Lipinski definition) is 3. The summed E-state index contributed by atoms with van der Waals surface area (Å²) in [7, 11) is 1.07. The normalized spacial score (nSPS) is 10.7. The Labute approximate surface area is 116 Å². The van der Waals surface area contributed by atoms with E-state index < -0.39 is 35.7 Å². The van der Waals surface area contributed by atoms with Crippen LogP contribution in [0.1, 0.15) is 15.9 Å². The van der Waals surface area contributed by atoms with E-state index in [0.717, 1.165) is 19.2 Å². The van der Waals surface area contributed by atoms with Gasteiger partial charge in [-0.1, -0.05) is 11.2 Å². The Kier molecular flexibility index (Phi) is 4.77. The summed E-state index contributed by atoms with van der Waals surface area (Å²) in [6.45, 7) is -0.742. The molecule has 0 spiro atoms. The molecule has 1 N–H and O–H groups in total. The molecular weight excluding hydrogens is 293 g/mol. The van der Waals surface area contributed by atoms with Crippen LogP contribution in [-0.2, 0) is 11.0 Å². The molecule has 1 rings (SSSR count). The van der Waals surface area contributed by atoms with Crippen molar-refractivity contribution in [3.05, 3.63) is 39.8 Å². The fourth-order valence-electron chi connectivity index (χ4n) is 1.55. The molecule has 0 unspecified atom stereocenters. The second kappa shape index (κ2) is 6.14. The molecule has 0 radical (unpaired) electrons. The number of carboxylic acid groups (broad SMARTS) is 1. The zero-order valence-electron chi connectivity index (χ0n) is 10.6. The summed E-state index contributed by atoms with van der Waals surface area (Å²) in [5.41, 5.74) is 5.90. The number of benzene rings is 1. The van der Waals surface area contributed by atoms with Gasteiger partial charge in [-0.3, -0.25) is 9.59 Å². The lowest BCUT2D eigenvalue weighted by atomic mass is 10.0. The van der Waals surface area contributed by atoms with Crippen LogP contribution in [0.15, 0.2) is 23.3 Å². The monoisotopic (exact) mass is 302 g/mol. The number of aliphatic carboxylic acids is 1. The van der Waals surface area contributed by atoms with Gasteiger partial charge in [0, 0.05) is 17.6 Å². The summed E-state index contributed by atoms with van der Waals surface area (Å²) < 4.78 is 38.8. The van der Waals surface area contributed by atoms with Gasteiger partial charge < -0.3 is 10.0 Å². The summed E-state index contributed by atoms with van der Waals surface area (Å²) >= 11 is 0. The fourth-order valence-corrected chi connectivity index (χ4v) is 1.55. The third-order valence-corrected chi connectivity index (χ3v) is 2.42. The molecule has 0 aliphatic carbocycles. The van der Waals surface area contributed by atoms with Crippen molar-refractivity contribution in [2.45, 2.75) is 6.18 Å². The van der Waals surface area contributed by atoms with E-state index in [4.69, 9.17) is 10.6 Å². The maximum Gasteiger partial charge on any atom is 0.417 e. The molecule has 1 aromatic rings.